The molecule has 0 fully saturated rings. The zero-order valence-corrected chi connectivity index (χ0v) is 15.9. The number of nitrogens with one attached hydrogen (secondary N) is 1. The highest BCUT2D eigenvalue weighted by Gasteiger charge is 2.60. The fraction of sp³-hybridized carbons (Fsp3) is 0.588. The summed E-state index contributed by atoms with van der Waals surface area (Å²) in [5.74, 6) is -5.91. The van der Waals surface area contributed by atoms with Crippen molar-refractivity contribution in [3.8, 4) is 0 Å². The van der Waals surface area contributed by atoms with Crippen LogP contribution in [0, 0.1) is 5.82 Å². The minimum absolute atomic E-state index is 0.657. The van der Waals surface area contributed by atoms with E-state index in [4.69, 9.17) is 0 Å². The van der Waals surface area contributed by atoms with Crippen molar-refractivity contribution in [1.29, 1.82) is 0 Å². The molecular weight excluding hydrogens is 374 g/mol. The molecule has 2 atom stereocenters. The molecule has 0 amide bonds. The number of hydrogen-bond acceptors (Lipinski definition) is 4. The third kappa shape index (κ3) is 4.89. The van der Waals surface area contributed by atoms with E-state index in [1.165, 1.54) is 32.9 Å². The van der Waals surface area contributed by atoms with Gasteiger partial charge in [0.2, 0.25) is 0 Å². The first kappa shape index (κ1) is 22.7. The highest BCUT2D eigenvalue weighted by Crippen LogP contribution is 2.43. The number of carbonyl (C=O) groups excluding carboxylic acids is 1. The average molecular weight is 397 g/mol. The van der Waals surface area contributed by atoms with E-state index in [-0.39, 0.29) is 0 Å². The molecule has 1 aromatic rings. The minimum atomic E-state index is -3.93. The Morgan fingerprint density at radius 1 is 1.27 bits per heavy atom. The molecule has 1 aromatic carbocycles. The number of hydrogen-bond donors (Lipinski definition) is 1. The zero-order valence-electron chi connectivity index (χ0n) is 15.1. The molecule has 0 saturated carbocycles. The van der Waals surface area contributed by atoms with Gasteiger partial charge in [-0.05, 0) is 26.8 Å². The summed E-state index contributed by atoms with van der Waals surface area (Å²) in [6.45, 7) is 2.79. The van der Waals surface area contributed by atoms with Gasteiger partial charge < -0.3 is 9.29 Å². The summed E-state index contributed by atoms with van der Waals surface area (Å²) in [6, 6.07) is 4.47. The van der Waals surface area contributed by atoms with Crippen LogP contribution in [0.15, 0.2) is 24.3 Å². The van der Waals surface area contributed by atoms with Gasteiger partial charge in [0.25, 0.3) is 5.92 Å². The Balaban J connectivity index is 3.44. The Labute approximate surface area is 153 Å². The molecule has 1 rings (SSSR count). The van der Waals surface area contributed by atoms with Gasteiger partial charge in [-0.15, -0.1) is 4.72 Å². The lowest BCUT2D eigenvalue weighted by atomic mass is 9.83. The fourth-order valence-corrected chi connectivity index (χ4v) is 3.15. The molecule has 0 spiro atoms. The van der Waals surface area contributed by atoms with Gasteiger partial charge in [-0.3, -0.25) is 4.79 Å². The minimum Gasteiger partial charge on any atom is -0.598 e. The number of rotatable bonds is 8. The van der Waals surface area contributed by atoms with Crippen LogP contribution in [0.5, 0.6) is 0 Å². The van der Waals surface area contributed by atoms with Gasteiger partial charge in [0.05, 0.1) is 13.5 Å². The Kier molecular flexibility index (Phi) is 7.50. The van der Waals surface area contributed by atoms with E-state index in [0.29, 0.717) is 0 Å². The number of carbonyl (C=O) groups is 1. The van der Waals surface area contributed by atoms with Crippen LogP contribution < -0.4 is 4.72 Å². The second-order valence-electron chi connectivity index (χ2n) is 6.78. The maximum absolute atomic E-state index is 15.0. The van der Waals surface area contributed by atoms with Crippen molar-refractivity contribution >= 4 is 17.3 Å². The van der Waals surface area contributed by atoms with Crippen molar-refractivity contribution in [3.05, 3.63) is 35.6 Å². The third-order valence-electron chi connectivity index (χ3n) is 3.85. The first-order chi connectivity index (χ1) is 11.9. The zero-order chi connectivity index (χ0) is 20.2. The average Bonchev–Trinajstić information content (AvgIpc) is 2.57. The van der Waals surface area contributed by atoms with E-state index in [0.717, 1.165) is 19.2 Å². The summed E-state index contributed by atoms with van der Waals surface area (Å²) in [5, 5.41) is 0. The van der Waals surface area contributed by atoms with Crippen LogP contribution >= 0.6 is 0 Å². The number of methoxy groups -OCH3 is 1. The van der Waals surface area contributed by atoms with Crippen molar-refractivity contribution in [2.24, 2.45) is 0 Å². The van der Waals surface area contributed by atoms with Crippen LogP contribution in [0.3, 0.4) is 0 Å². The number of esters is 1. The molecule has 26 heavy (non-hydrogen) atoms. The first-order valence-electron chi connectivity index (χ1n) is 7.86. The Morgan fingerprint density at radius 2 is 1.85 bits per heavy atom. The SMILES string of the molecule is COC(=O)CCC(F)(F)C(CF)(N[S@+]([O-])C(C)(C)C)c1ccccc1F. The summed E-state index contributed by atoms with van der Waals surface area (Å²) >= 11 is -2.13. The van der Waals surface area contributed by atoms with Gasteiger partial charge in [-0.1, -0.05) is 18.2 Å². The smallest absolute Gasteiger partial charge is 0.305 e. The van der Waals surface area contributed by atoms with Gasteiger partial charge in [-0.25, -0.2) is 17.6 Å². The van der Waals surface area contributed by atoms with Crippen LogP contribution in [0.2, 0.25) is 0 Å². The summed E-state index contributed by atoms with van der Waals surface area (Å²) in [6.07, 6.45) is -1.81. The molecular formula is C17H23F4NO3S. The fourth-order valence-electron chi connectivity index (χ4n) is 2.22. The lowest BCUT2D eigenvalue weighted by molar-refractivity contribution is -0.146. The summed E-state index contributed by atoms with van der Waals surface area (Å²) in [4.78, 5) is 11.3. The molecule has 0 aliphatic rings. The van der Waals surface area contributed by atoms with Crippen molar-refractivity contribution in [2.45, 2.75) is 49.8 Å². The molecule has 0 saturated heterocycles. The molecule has 0 aliphatic heterocycles. The van der Waals surface area contributed by atoms with E-state index < -0.39 is 64.4 Å². The number of benzene rings is 1. The van der Waals surface area contributed by atoms with E-state index >= 15 is 8.78 Å². The summed E-state index contributed by atoms with van der Waals surface area (Å²) < 4.78 is 76.3. The monoisotopic (exact) mass is 397 g/mol. The first-order valence-corrected chi connectivity index (χ1v) is 9.01. The van der Waals surface area contributed by atoms with Gasteiger partial charge in [0.1, 0.15) is 17.2 Å². The van der Waals surface area contributed by atoms with Crippen LogP contribution in [0.25, 0.3) is 0 Å². The third-order valence-corrected chi connectivity index (χ3v) is 5.50. The van der Waals surface area contributed by atoms with Crippen LogP contribution in [-0.2, 0) is 26.4 Å². The number of halogens is 4. The molecule has 9 heteroatoms. The molecule has 148 valence electrons. The van der Waals surface area contributed by atoms with E-state index in [1.807, 2.05) is 0 Å². The number of ether oxygens (including phenoxy) is 1. The van der Waals surface area contributed by atoms with Gasteiger partial charge in [-0.2, -0.15) is 0 Å². The molecule has 0 aliphatic carbocycles. The van der Waals surface area contributed by atoms with Gasteiger partial charge >= 0.3 is 5.97 Å². The molecule has 0 heterocycles. The predicted molar refractivity (Wildman–Crippen MR) is 91.3 cm³/mol. The Hall–Kier alpha value is -1.32. The van der Waals surface area contributed by atoms with Crippen molar-refractivity contribution in [2.75, 3.05) is 13.8 Å². The van der Waals surface area contributed by atoms with Crippen LogP contribution in [0.4, 0.5) is 17.6 Å². The quantitative estimate of drug-likeness (QED) is 0.413. The molecule has 0 radical (unpaired) electrons. The molecule has 0 bridgehead atoms. The van der Waals surface area contributed by atoms with E-state index in [1.54, 1.807) is 0 Å². The summed E-state index contributed by atoms with van der Waals surface area (Å²) in [7, 11) is 1.03. The molecule has 4 nitrogen and oxygen atoms in total. The van der Waals surface area contributed by atoms with Gasteiger partial charge in [0.15, 0.2) is 5.54 Å². The Bertz CT molecular complexity index is 624. The molecule has 0 aromatic heterocycles. The van der Waals surface area contributed by atoms with Gasteiger partial charge in [0, 0.05) is 23.3 Å². The molecule has 1 N–H and O–H groups in total. The number of alkyl halides is 3. The van der Waals surface area contributed by atoms with Crippen molar-refractivity contribution in [3.63, 3.8) is 0 Å². The lowest BCUT2D eigenvalue weighted by Crippen LogP contribution is -2.62. The standard InChI is InChI=1S/C17H23F4NO3S/c1-15(2,3)26(24)22-16(11-18,12-7-5-6-8-13(12)19)17(20,21)10-9-14(23)25-4/h5-8,22H,9-11H2,1-4H3/t16?,26-/m1/s1. The van der Waals surface area contributed by atoms with Crippen molar-refractivity contribution < 1.29 is 31.6 Å². The van der Waals surface area contributed by atoms with E-state index in [2.05, 4.69) is 9.46 Å². The topological polar surface area (TPSA) is 61.4 Å². The lowest BCUT2D eigenvalue weighted by Gasteiger charge is -2.40. The Morgan fingerprint density at radius 3 is 2.31 bits per heavy atom. The summed E-state index contributed by atoms with van der Waals surface area (Å²) in [5.41, 5.74) is -3.56. The predicted octanol–water partition coefficient (Wildman–Crippen LogP) is 3.63. The van der Waals surface area contributed by atoms with Crippen LogP contribution in [0.1, 0.15) is 39.2 Å². The second kappa shape index (κ2) is 8.58. The normalized spacial score (nSPS) is 16.0. The largest absolute Gasteiger partial charge is 0.598 e. The highest BCUT2D eigenvalue weighted by molar-refractivity contribution is 7.90. The van der Waals surface area contributed by atoms with Crippen LogP contribution in [-0.4, -0.2) is 35.0 Å². The highest BCUT2D eigenvalue weighted by atomic mass is 32.2. The van der Waals surface area contributed by atoms with E-state index in [9.17, 15) is 18.1 Å². The van der Waals surface area contributed by atoms with Crippen molar-refractivity contribution in [1.82, 2.24) is 4.72 Å². The molecule has 1 unspecified atom stereocenters. The second-order valence-corrected chi connectivity index (χ2v) is 8.75. The maximum Gasteiger partial charge on any atom is 0.305 e. The maximum atomic E-state index is 15.0.